The number of nitrogens with zero attached hydrogens (tertiary/aromatic N) is 3. The number of fused-ring (bicyclic) bond motifs is 1. The Morgan fingerprint density at radius 2 is 1.88 bits per heavy atom. The van der Waals surface area contributed by atoms with Crippen LogP contribution in [0.15, 0.2) is 24.3 Å². The first-order valence-electron chi connectivity index (χ1n) is 12.1. The fourth-order valence-electron chi connectivity index (χ4n) is 4.96. The lowest BCUT2D eigenvalue weighted by atomic mass is 9.95. The summed E-state index contributed by atoms with van der Waals surface area (Å²) in [6, 6.07) is 7.82. The number of hydrogen-bond donors (Lipinski definition) is 0. The normalized spacial score (nSPS) is 20.6. The molecule has 2 saturated heterocycles. The SMILES string of the molecule is Bc1ccc(CN2CC(=O)N3CCN(Cc4c(CC)sc(=C/C)/c4=C\CC)CC3C2=O)cc1. The number of amides is 2. The van der Waals surface area contributed by atoms with Gasteiger partial charge < -0.3 is 9.80 Å². The van der Waals surface area contributed by atoms with E-state index in [0.717, 1.165) is 31.5 Å². The monoisotopic (exact) mass is 463 g/mol. The highest BCUT2D eigenvalue weighted by molar-refractivity contribution is 7.10. The van der Waals surface area contributed by atoms with E-state index in [-0.39, 0.29) is 24.4 Å². The van der Waals surface area contributed by atoms with Crippen LogP contribution >= 0.6 is 11.3 Å². The molecular formula is C26H34BN3O2S. The maximum absolute atomic E-state index is 13.4. The molecule has 4 rings (SSSR count). The minimum atomic E-state index is -0.384. The highest BCUT2D eigenvalue weighted by Crippen LogP contribution is 2.22. The van der Waals surface area contributed by atoms with Gasteiger partial charge in [-0.1, -0.05) is 55.7 Å². The van der Waals surface area contributed by atoms with E-state index in [9.17, 15) is 9.59 Å². The molecule has 0 N–H and O–H groups in total. The largest absolute Gasteiger partial charge is 0.327 e. The molecule has 33 heavy (non-hydrogen) atoms. The summed E-state index contributed by atoms with van der Waals surface area (Å²) in [6.45, 7) is 10.0. The molecular weight excluding hydrogens is 429 g/mol. The second-order valence-corrected chi connectivity index (χ2v) is 10.2. The first kappa shape index (κ1) is 23.8. The number of thiophene rings is 1. The molecule has 0 saturated carbocycles. The lowest BCUT2D eigenvalue weighted by molar-refractivity contribution is -0.160. The Morgan fingerprint density at radius 3 is 2.55 bits per heavy atom. The summed E-state index contributed by atoms with van der Waals surface area (Å²) in [6.07, 6.45) is 6.56. The maximum Gasteiger partial charge on any atom is 0.247 e. The smallest absolute Gasteiger partial charge is 0.247 e. The predicted octanol–water partition coefficient (Wildman–Crippen LogP) is 0.615. The van der Waals surface area contributed by atoms with Crippen LogP contribution in [0, 0.1) is 0 Å². The number of rotatable bonds is 6. The lowest BCUT2D eigenvalue weighted by Gasteiger charge is -2.46. The molecule has 0 spiro atoms. The Morgan fingerprint density at radius 1 is 1.12 bits per heavy atom. The standard InChI is InChI=1S/C26H34BN3O2S/c1-4-7-20-21(24(6-3)33-23(20)5-2)15-28-12-13-30-22(16-28)26(32)29(17-25(30)31)14-18-8-10-19(27)11-9-18/h5,7-11,22H,4,6,12-17,27H2,1-3H3/b20-7-,23-5+. The Labute approximate surface area is 201 Å². The Bertz CT molecular complexity index is 1140. The van der Waals surface area contributed by atoms with Gasteiger partial charge in [0, 0.05) is 42.1 Å². The molecule has 3 heterocycles. The van der Waals surface area contributed by atoms with Crippen LogP contribution in [0.5, 0.6) is 0 Å². The number of benzene rings is 1. The summed E-state index contributed by atoms with van der Waals surface area (Å²) < 4.78 is 1.34. The number of aryl methyl sites for hydroxylation is 1. The molecule has 2 aliphatic heterocycles. The van der Waals surface area contributed by atoms with Crippen LogP contribution in [0.3, 0.4) is 0 Å². The third kappa shape index (κ3) is 4.94. The Kier molecular flexibility index (Phi) is 7.40. The van der Waals surface area contributed by atoms with Crippen molar-refractivity contribution in [2.24, 2.45) is 0 Å². The van der Waals surface area contributed by atoms with Gasteiger partial charge in [-0.15, -0.1) is 11.3 Å². The van der Waals surface area contributed by atoms with Gasteiger partial charge in [-0.3, -0.25) is 14.5 Å². The van der Waals surface area contributed by atoms with Crippen LogP contribution in [0.1, 0.15) is 43.2 Å². The highest BCUT2D eigenvalue weighted by atomic mass is 32.1. The van der Waals surface area contributed by atoms with Crippen molar-refractivity contribution in [2.75, 3.05) is 26.2 Å². The highest BCUT2D eigenvalue weighted by Gasteiger charge is 2.42. The quantitative estimate of drug-likeness (QED) is 0.590. The van der Waals surface area contributed by atoms with Crippen molar-refractivity contribution in [2.45, 2.75) is 52.7 Å². The van der Waals surface area contributed by atoms with Gasteiger partial charge in [-0.2, -0.15) is 0 Å². The van der Waals surface area contributed by atoms with Gasteiger partial charge in [0.2, 0.25) is 11.8 Å². The summed E-state index contributed by atoms with van der Waals surface area (Å²) in [5.74, 6) is 0.142. The van der Waals surface area contributed by atoms with E-state index in [1.807, 2.05) is 28.4 Å². The maximum atomic E-state index is 13.4. The zero-order chi connectivity index (χ0) is 23.5. The van der Waals surface area contributed by atoms with Gasteiger partial charge in [0.15, 0.2) is 0 Å². The van der Waals surface area contributed by atoms with Crippen LogP contribution in [-0.2, 0) is 29.1 Å². The molecule has 2 amide bonds. The zero-order valence-electron chi connectivity index (χ0n) is 20.3. The topological polar surface area (TPSA) is 43.9 Å². The van der Waals surface area contributed by atoms with E-state index < -0.39 is 0 Å². The fraction of sp³-hybridized carbons (Fsp3) is 0.462. The third-order valence-corrected chi connectivity index (χ3v) is 8.19. The summed E-state index contributed by atoms with van der Waals surface area (Å²) in [4.78, 5) is 33.6. The van der Waals surface area contributed by atoms with Gasteiger partial charge in [-0.05, 0) is 36.1 Å². The van der Waals surface area contributed by atoms with Crippen LogP contribution < -0.4 is 15.2 Å². The van der Waals surface area contributed by atoms with Crippen molar-refractivity contribution in [1.29, 1.82) is 0 Å². The second-order valence-electron chi connectivity index (χ2n) is 9.05. The molecule has 0 bridgehead atoms. The van der Waals surface area contributed by atoms with E-state index in [1.54, 1.807) is 4.90 Å². The average molecular weight is 463 g/mol. The molecule has 2 aliphatic rings. The molecule has 2 aromatic rings. The average Bonchev–Trinajstić information content (AvgIpc) is 3.15. The predicted molar refractivity (Wildman–Crippen MR) is 139 cm³/mol. The van der Waals surface area contributed by atoms with Crippen molar-refractivity contribution in [3.63, 3.8) is 0 Å². The molecule has 1 aromatic heterocycles. The third-order valence-electron chi connectivity index (χ3n) is 6.74. The van der Waals surface area contributed by atoms with Crippen molar-refractivity contribution in [3.8, 4) is 0 Å². The first-order valence-corrected chi connectivity index (χ1v) is 12.9. The van der Waals surface area contributed by atoms with Crippen LogP contribution in [0.25, 0.3) is 12.2 Å². The molecule has 1 unspecified atom stereocenters. The Hall–Kier alpha value is -2.38. The lowest BCUT2D eigenvalue weighted by Crippen LogP contribution is -2.66. The minimum Gasteiger partial charge on any atom is -0.327 e. The van der Waals surface area contributed by atoms with Crippen molar-refractivity contribution in [1.82, 2.24) is 14.7 Å². The molecule has 0 radical (unpaired) electrons. The molecule has 174 valence electrons. The van der Waals surface area contributed by atoms with Gasteiger partial charge in [0.05, 0.1) is 0 Å². The van der Waals surface area contributed by atoms with E-state index in [1.165, 1.54) is 25.7 Å². The van der Waals surface area contributed by atoms with Crippen LogP contribution in [-0.4, -0.2) is 66.6 Å². The zero-order valence-corrected chi connectivity index (χ0v) is 21.1. The number of carbonyl (C=O) groups excluding carboxylic acids is 2. The van der Waals surface area contributed by atoms with Crippen LogP contribution in [0.4, 0.5) is 0 Å². The molecule has 7 heteroatoms. The number of carbonyl (C=O) groups is 2. The summed E-state index contributed by atoms with van der Waals surface area (Å²) in [7, 11) is 2.05. The number of hydrogen-bond acceptors (Lipinski definition) is 4. The van der Waals surface area contributed by atoms with E-state index in [4.69, 9.17) is 0 Å². The summed E-state index contributed by atoms with van der Waals surface area (Å²) in [5.41, 5.74) is 3.66. The van der Waals surface area contributed by atoms with Crippen molar-refractivity contribution >= 4 is 48.6 Å². The van der Waals surface area contributed by atoms with Gasteiger partial charge in [0.1, 0.15) is 20.4 Å². The van der Waals surface area contributed by atoms with Gasteiger partial charge in [0.25, 0.3) is 0 Å². The van der Waals surface area contributed by atoms with Gasteiger partial charge in [-0.25, -0.2) is 0 Å². The van der Waals surface area contributed by atoms with Crippen LogP contribution in [0.2, 0.25) is 0 Å². The van der Waals surface area contributed by atoms with E-state index in [2.05, 4.69) is 57.8 Å². The van der Waals surface area contributed by atoms with E-state index >= 15 is 0 Å². The van der Waals surface area contributed by atoms with E-state index in [0.29, 0.717) is 19.6 Å². The Balaban J connectivity index is 1.54. The van der Waals surface area contributed by atoms with Gasteiger partial charge >= 0.3 is 0 Å². The number of piperazine rings is 2. The fourth-order valence-corrected chi connectivity index (χ4v) is 6.10. The second kappa shape index (κ2) is 10.3. The van der Waals surface area contributed by atoms with Crippen molar-refractivity contribution < 1.29 is 9.59 Å². The molecule has 2 fully saturated rings. The summed E-state index contributed by atoms with van der Waals surface area (Å²) >= 11 is 1.89. The molecule has 1 aromatic carbocycles. The van der Waals surface area contributed by atoms with Crippen molar-refractivity contribution in [3.05, 3.63) is 50.0 Å². The molecule has 1 atom stereocenters. The molecule has 0 aliphatic carbocycles. The molecule has 5 nitrogen and oxygen atoms in total. The first-order chi connectivity index (χ1) is 15.9. The summed E-state index contributed by atoms with van der Waals surface area (Å²) in [5, 5.41) is 1.36. The minimum absolute atomic E-state index is 0.0685.